The molecule has 0 aliphatic heterocycles. The number of carbonyl (C=O) groups excluding carboxylic acids is 1. The van der Waals surface area contributed by atoms with Crippen molar-refractivity contribution in [2.45, 2.75) is 19.8 Å². The smallest absolute Gasteiger partial charge is 0.251 e. The van der Waals surface area contributed by atoms with Gasteiger partial charge in [-0.05, 0) is 31.4 Å². The van der Waals surface area contributed by atoms with Crippen molar-refractivity contribution < 1.29 is 9.32 Å². The van der Waals surface area contributed by atoms with Crippen molar-refractivity contribution in [2.75, 3.05) is 6.54 Å². The van der Waals surface area contributed by atoms with E-state index in [-0.39, 0.29) is 5.91 Å². The van der Waals surface area contributed by atoms with Crippen molar-refractivity contribution in [3.63, 3.8) is 0 Å². The standard InChI is InChI=1S/C14H16N2O2/c1-11-5-2-3-7-13(11)14(17)15-8-4-6-12-9-16-18-10-12/h2-3,5,7,9-10H,4,6,8H2,1H3,(H,15,17). The Kier molecular flexibility index (Phi) is 4.12. The van der Waals surface area contributed by atoms with Crippen LogP contribution in [0.15, 0.2) is 41.2 Å². The number of benzene rings is 1. The normalized spacial score (nSPS) is 10.3. The summed E-state index contributed by atoms with van der Waals surface area (Å²) < 4.78 is 4.74. The van der Waals surface area contributed by atoms with E-state index in [0.29, 0.717) is 6.54 Å². The Morgan fingerprint density at radius 3 is 2.94 bits per heavy atom. The van der Waals surface area contributed by atoms with Gasteiger partial charge in [0, 0.05) is 17.7 Å². The lowest BCUT2D eigenvalue weighted by Crippen LogP contribution is -2.25. The van der Waals surface area contributed by atoms with E-state index in [4.69, 9.17) is 4.52 Å². The first kappa shape index (κ1) is 12.4. The highest BCUT2D eigenvalue weighted by molar-refractivity contribution is 5.95. The summed E-state index contributed by atoms with van der Waals surface area (Å²) in [6, 6.07) is 7.58. The molecule has 0 saturated carbocycles. The molecule has 2 rings (SSSR count). The minimum atomic E-state index is -0.0154. The van der Waals surface area contributed by atoms with Crippen molar-refractivity contribution >= 4 is 5.91 Å². The van der Waals surface area contributed by atoms with E-state index in [1.54, 1.807) is 12.5 Å². The molecule has 1 amide bonds. The molecule has 1 aromatic heterocycles. The molecular weight excluding hydrogens is 228 g/mol. The van der Waals surface area contributed by atoms with Crippen LogP contribution in [-0.4, -0.2) is 17.6 Å². The van der Waals surface area contributed by atoms with E-state index in [0.717, 1.165) is 29.5 Å². The van der Waals surface area contributed by atoms with Gasteiger partial charge in [-0.3, -0.25) is 4.79 Å². The second-order valence-electron chi connectivity index (χ2n) is 4.21. The molecule has 4 heteroatoms. The van der Waals surface area contributed by atoms with E-state index < -0.39 is 0 Å². The van der Waals surface area contributed by atoms with Crippen molar-refractivity contribution in [1.29, 1.82) is 0 Å². The summed E-state index contributed by atoms with van der Waals surface area (Å²) in [4.78, 5) is 11.9. The summed E-state index contributed by atoms with van der Waals surface area (Å²) in [5, 5.41) is 6.55. The number of nitrogens with one attached hydrogen (secondary N) is 1. The second-order valence-corrected chi connectivity index (χ2v) is 4.21. The molecule has 0 saturated heterocycles. The van der Waals surface area contributed by atoms with Crippen molar-refractivity contribution in [3.8, 4) is 0 Å². The molecular formula is C14H16N2O2. The average Bonchev–Trinajstić information content (AvgIpc) is 2.88. The summed E-state index contributed by atoms with van der Waals surface area (Å²) in [6.45, 7) is 2.59. The third kappa shape index (κ3) is 3.20. The molecule has 1 N–H and O–H groups in total. The lowest BCUT2D eigenvalue weighted by molar-refractivity contribution is 0.0952. The largest absolute Gasteiger partial charge is 0.364 e. The van der Waals surface area contributed by atoms with Gasteiger partial charge in [-0.2, -0.15) is 0 Å². The number of aryl methyl sites for hydroxylation is 2. The van der Waals surface area contributed by atoms with Crippen LogP contribution in [0.2, 0.25) is 0 Å². The Balaban J connectivity index is 1.77. The Labute approximate surface area is 106 Å². The highest BCUT2D eigenvalue weighted by Crippen LogP contribution is 2.06. The summed E-state index contributed by atoms with van der Waals surface area (Å²) in [6.07, 6.45) is 5.06. The number of aromatic nitrogens is 1. The molecule has 0 bridgehead atoms. The maximum atomic E-state index is 11.9. The van der Waals surface area contributed by atoms with E-state index in [2.05, 4.69) is 10.5 Å². The number of rotatable bonds is 5. The van der Waals surface area contributed by atoms with Crippen LogP contribution in [0.1, 0.15) is 27.9 Å². The maximum Gasteiger partial charge on any atom is 0.251 e. The summed E-state index contributed by atoms with van der Waals surface area (Å²) in [5.41, 5.74) is 2.79. The molecule has 0 fully saturated rings. The van der Waals surface area contributed by atoms with Gasteiger partial charge < -0.3 is 9.84 Å². The Morgan fingerprint density at radius 1 is 1.39 bits per heavy atom. The minimum Gasteiger partial charge on any atom is -0.364 e. The van der Waals surface area contributed by atoms with Crippen LogP contribution in [0, 0.1) is 6.92 Å². The van der Waals surface area contributed by atoms with Gasteiger partial charge in [-0.1, -0.05) is 23.4 Å². The average molecular weight is 244 g/mol. The van der Waals surface area contributed by atoms with Crippen molar-refractivity contribution in [3.05, 3.63) is 53.4 Å². The molecule has 94 valence electrons. The number of hydrogen-bond acceptors (Lipinski definition) is 3. The minimum absolute atomic E-state index is 0.0154. The summed E-state index contributed by atoms with van der Waals surface area (Å²) >= 11 is 0. The fraction of sp³-hybridized carbons (Fsp3) is 0.286. The summed E-state index contributed by atoms with van der Waals surface area (Å²) in [5.74, 6) is -0.0154. The molecule has 0 atom stereocenters. The number of nitrogens with zero attached hydrogens (tertiary/aromatic N) is 1. The van der Waals surface area contributed by atoms with Crippen LogP contribution >= 0.6 is 0 Å². The first-order valence-corrected chi connectivity index (χ1v) is 5.99. The van der Waals surface area contributed by atoms with Gasteiger partial charge in [-0.15, -0.1) is 0 Å². The highest BCUT2D eigenvalue weighted by atomic mass is 16.5. The predicted molar refractivity (Wildman–Crippen MR) is 68.3 cm³/mol. The zero-order chi connectivity index (χ0) is 12.8. The number of amides is 1. The Hall–Kier alpha value is -2.10. The van der Waals surface area contributed by atoms with Gasteiger partial charge in [0.15, 0.2) is 0 Å². The molecule has 0 spiro atoms. The van der Waals surface area contributed by atoms with Gasteiger partial charge in [-0.25, -0.2) is 0 Å². The van der Waals surface area contributed by atoms with E-state index >= 15 is 0 Å². The molecule has 0 radical (unpaired) electrons. The first-order chi connectivity index (χ1) is 8.77. The lowest BCUT2D eigenvalue weighted by Gasteiger charge is -2.06. The summed E-state index contributed by atoms with van der Waals surface area (Å²) in [7, 11) is 0. The van der Waals surface area contributed by atoms with Crippen LogP contribution in [0.3, 0.4) is 0 Å². The molecule has 1 aromatic carbocycles. The van der Waals surface area contributed by atoms with E-state index in [9.17, 15) is 4.79 Å². The van der Waals surface area contributed by atoms with Gasteiger partial charge in [0.2, 0.25) is 0 Å². The Bertz CT molecular complexity index is 506. The molecule has 0 aliphatic rings. The van der Waals surface area contributed by atoms with Crippen molar-refractivity contribution in [1.82, 2.24) is 10.5 Å². The number of carbonyl (C=O) groups is 1. The van der Waals surface area contributed by atoms with Gasteiger partial charge in [0.25, 0.3) is 5.91 Å². The van der Waals surface area contributed by atoms with Gasteiger partial charge in [0.05, 0.1) is 6.20 Å². The van der Waals surface area contributed by atoms with Crippen LogP contribution in [-0.2, 0) is 6.42 Å². The molecule has 4 nitrogen and oxygen atoms in total. The predicted octanol–water partition coefficient (Wildman–Crippen LogP) is 2.35. The molecule has 0 aliphatic carbocycles. The van der Waals surface area contributed by atoms with Crippen LogP contribution in [0.25, 0.3) is 0 Å². The second kappa shape index (κ2) is 6.00. The van der Waals surface area contributed by atoms with Crippen molar-refractivity contribution in [2.24, 2.45) is 0 Å². The molecule has 18 heavy (non-hydrogen) atoms. The number of hydrogen-bond donors (Lipinski definition) is 1. The topological polar surface area (TPSA) is 55.1 Å². The van der Waals surface area contributed by atoms with Gasteiger partial charge in [0.1, 0.15) is 6.26 Å². The lowest BCUT2D eigenvalue weighted by atomic mass is 10.1. The monoisotopic (exact) mass is 244 g/mol. The molecule has 2 aromatic rings. The van der Waals surface area contributed by atoms with E-state index in [1.165, 1.54) is 0 Å². The van der Waals surface area contributed by atoms with Crippen LogP contribution in [0.4, 0.5) is 0 Å². The molecule has 1 heterocycles. The quantitative estimate of drug-likeness (QED) is 0.821. The third-order valence-corrected chi connectivity index (χ3v) is 2.80. The molecule has 0 unspecified atom stereocenters. The van der Waals surface area contributed by atoms with Crippen LogP contribution < -0.4 is 5.32 Å². The Morgan fingerprint density at radius 2 is 2.22 bits per heavy atom. The fourth-order valence-corrected chi connectivity index (χ4v) is 1.77. The SMILES string of the molecule is Cc1ccccc1C(=O)NCCCc1cnoc1. The third-order valence-electron chi connectivity index (χ3n) is 2.80. The highest BCUT2D eigenvalue weighted by Gasteiger charge is 2.06. The maximum absolute atomic E-state index is 11.9. The fourth-order valence-electron chi connectivity index (χ4n) is 1.77. The van der Waals surface area contributed by atoms with Crippen LogP contribution in [0.5, 0.6) is 0 Å². The van der Waals surface area contributed by atoms with E-state index in [1.807, 2.05) is 31.2 Å². The zero-order valence-corrected chi connectivity index (χ0v) is 10.3. The zero-order valence-electron chi connectivity index (χ0n) is 10.3. The van der Waals surface area contributed by atoms with Gasteiger partial charge >= 0.3 is 0 Å². The first-order valence-electron chi connectivity index (χ1n) is 5.99.